The second kappa shape index (κ2) is 5.27. The average molecular weight is 237 g/mol. The largest absolute Gasteiger partial charge is 0.378 e. The number of halogens is 1. The molecular weight excluding hydrogens is 221 g/mol. The molecule has 4 heteroatoms. The second-order valence-electron chi connectivity index (χ2n) is 4.23. The van der Waals surface area contributed by atoms with E-state index < -0.39 is 0 Å². The zero-order valence-electron chi connectivity index (χ0n) is 9.78. The van der Waals surface area contributed by atoms with Gasteiger partial charge in [-0.15, -0.1) is 0 Å². The fourth-order valence-corrected chi connectivity index (χ4v) is 1.93. The molecule has 1 aliphatic rings. The van der Waals surface area contributed by atoms with Crippen molar-refractivity contribution in [2.75, 3.05) is 6.61 Å². The maximum atomic E-state index is 12.7. The number of hydrogen-bond acceptors (Lipinski definition) is 2. The molecule has 1 fully saturated rings. The Morgan fingerprint density at radius 2 is 2.06 bits per heavy atom. The molecule has 0 radical (unpaired) electrons. The third-order valence-electron chi connectivity index (χ3n) is 2.94. The Morgan fingerprint density at radius 3 is 2.65 bits per heavy atom. The van der Waals surface area contributed by atoms with Crippen molar-refractivity contribution in [3.63, 3.8) is 0 Å². The number of nitrogens with one attached hydrogen (secondary N) is 1. The van der Waals surface area contributed by atoms with E-state index in [1.54, 1.807) is 0 Å². The minimum absolute atomic E-state index is 0.148. The summed E-state index contributed by atoms with van der Waals surface area (Å²) in [6.07, 6.45) is 2.00. The molecule has 0 aromatic heterocycles. The number of rotatable bonds is 4. The fourth-order valence-electron chi connectivity index (χ4n) is 1.93. The van der Waals surface area contributed by atoms with Crippen LogP contribution in [0.4, 0.5) is 4.39 Å². The van der Waals surface area contributed by atoms with E-state index in [-0.39, 0.29) is 23.9 Å². The standard InChI is InChI=1S/C13H16FNO2/c1-2-17-12-7-11(8-12)15-13(16)9-3-5-10(14)6-4-9/h3-6,11-12H,2,7-8H2,1H3,(H,15,16). The summed E-state index contributed by atoms with van der Waals surface area (Å²) in [4.78, 5) is 11.7. The Balaban J connectivity index is 1.81. The van der Waals surface area contributed by atoms with Crippen LogP contribution in [0.2, 0.25) is 0 Å². The predicted molar refractivity (Wildman–Crippen MR) is 62.3 cm³/mol. The summed E-state index contributed by atoms with van der Waals surface area (Å²) in [6, 6.07) is 5.74. The van der Waals surface area contributed by atoms with Gasteiger partial charge in [0.15, 0.2) is 0 Å². The lowest BCUT2D eigenvalue weighted by Gasteiger charge is -2.35. The van der Waals surface area contributed by atoms with Gasteiger partial charge in [-0.2, -0.15) is 0 Å². The topological polar surface area (TPSA) is 38.3 Å². The summed E-state index contributed by atoms with van der Waals surface area (Å²) in [7, 11) is 0. The molecule has 2 rings (SSSR count). The minimum Gasteiger partial charge on any atom is -0.378 e. The molecule has 0 spiro atoms. The molecule has 3 nitrogen and oxygen atoms in total. The van der Waals surface area contributed by atoms with Crippen molar-refractivity contribution >= 4 is 5.91 Å². The number of carbonyl (C=O) groups excluding carboxylic acids is 1. The van der Waals surface area contributed by atoms with Crippen LogP contribution in [-0.2, 0) is 4.74 Å². The smallest absolute Gasteiger partial charge is 0.251 e. The number of ether oxygens (including phenoxy) is 1. The molecule has 1 amide bonds. The molecule has 17 heavy (non-hydrogen) atoms. The first-order valence-electron chi connectivity index (χ1n) is 5.87. The lowest BCUT2D eigenvalue weighted by molar-refractivity contribution is -0.00862. The summed E-state index contributed by atoms with van der Waals surface area (Å²) in [5.74, 6) is -0.480. The molecule has 0 saturated heterocycles. The van der Waals surface area contributed by atoms with Gasteiger partial charge < -0.3 is 10.1 Å². The van der Waals surface area contributed by atoms with Gasteiger partial charge in [-0.05, 0) is 44.0 Å². The maximum Gasteiger partial charge on any atom is 0.251 e. The molecule has 0 heterocycles. The third-order valence-corrected chi connectivity index (χ3v) is 2.94. The van der Waals surface area contributed by atoms with E-state index in [0.29, 0.717) is 12.2 Å². The summed E-state index contributed by atoms with van der Waals surface area (Å²) in [6.45, 7) is 2.67. The first-order chi connectivity index (χ1) is 8.19. The lowest BCUT2D eigenvalue weighted by Crippen LogP contribution is -2.47. The molecule has 0 aliphatic heterocycles. The normalized spacial score (nSPS) is 22.9. The Kier molecular flexibility index (Phi) is 3.74. The molecule has 1 aliphatic carbocycles. The molecule has 0 bridgehead atoms. The van der Waals surface area contributed by atoms with Crippen molar-refractivity contribution in [2.45, 2.75) is 31.9 Å². The number of hydrogen-bond donors (Lipinski definition) is 1. The quantitative estimate of drug-likeness (QED) is 0.871. The van der Waals surface area contributed by atoms with Gasteiger partial charge in [-0.25, -0.2) is 4.39 Å². The number of carbonyl (C=O) groups is 1. The highest BCUT2D eigenvalue weighted by atomic mass is 19.1. The summed E-state index contributed by atoms with van der Waals surface area (Å²) < 4.78 is 18.1. The van der Waals surface area contributed by atoms with Gasteiger partial charge >= 0.3 is 0 Å². The van der Waals surface area contributed by atoms with Gasteiger partial charge in [0, 0.05) is 18.2 Å². The van der Waals surface area contributed by atoms with Crippen molar-refractivity contribution in [2.24, 2.45) is 0 Å². The van der Waals surface area contributed by atoms with Gasteiger partial charge in [0.2, 0.25) is 0 Å². The van der Waals surface area contributed by atoms with E-state index in [0.717, 1.165) is 12.8 Å². The van der Waals surface area contributed by atoms with Crippen molar-refractivity contribution in [1.29, 1.82) is 0 Å². The molecule has 1 saturated carbocycles. The van der Waals surface area contributed by atoms with E-state index in [2.05, 4.69) is 5.32 Å². The third kappa shape index (κ3) is 3.03. The Labute approximate surface area is 100.0 Å². The van der Waals surface area contributed by atoms with Crippen LogP contribution in [0.5, 0.6) is 0 Å². The van der Waals surface area contributed by atoms with Crippen LogP contribution < -0.4 is 5.32 Å². The van der Waals surface area contributed by atoms with Gasteiger partial charge in [0.05, 0.1) is 6.10 Å². The Morgan fingerprint density at radius 1 is 1.41 bits per heavy atom. The van der Waals surface area contributed by atoms with Crippen molar-refractivity contribution in [3.05, 3.63) is 35.6 Å². The SMILES string of the molecule is CCOC1CC(NC(=O)c2ccc(F)cc2)C1. The average Bonchev–Trinajstić information content (AvgIpc) is 2.27. The van der Waals surface area contributed by atoms with Gasteiger partial charge in [-0.1, -0.05) is 0 Å². The molecular formula is C13H16FNO2. The Hall–Kier alpha value is -1.42. The van der Waals surface area contributed by atoms with Crippen LogP contribution in [0.1, 0.15) is 30.1 Å². The first kappa shape index (κ1) is 12.0. The highest BCUT2D eigenvalue weighted by Gasteiger charge is 2.30. The molecule has 92 valence electrons. The monoisotopic (exact) mass is 237 g/mol. The van der Waals surface area contributed by atoms with Crippen LogP contribution in [0, 0.1) is 5.82 Å². The molecule has 0 atom stereocenters. The van der Waals surface area contributed by atoms with Gasteiger partial charge in [0.1, 0.15) is 5.82 Å². The first-order valence-corrected chi connectivity index (χ1v) is 5.87. The lowest BCUT2D eigenvalue weighted by atomic mass is 9.89. The Bertz CT molecular complexity index is 385. The number of amides is 1. The van der Waals surface area contributed by atoms with Crippen molar-refractivity contribution in [1.82, 2.24) is 5.32 Å². The van der Waals surface area contributed by atoms with Crippen LogP contribution in [0.3, 0.4) is 0 Å². The van der Waals surface area contributed by atoms with Crippen molar-refractivity contribution < 1.29 is 13.9 Å². The maximum absolute atomic E-state index is 12.7. The van der Waals surface area contributed by atoms with E-state index >= 15 is 0 Å². The van der Waals surface area contributed by atoms with Crippen LogP contribution in [0.25, 0.3) is 0 Å². The fraction of sp³-hybridized carbons (Fsp3) is 0.462. The molecule has 1 aromatic rings. The summed E-state index contributed by atoms with van der Waals surface area (Å²) in [5, 5.41) is 2.90. The van der Waals surface area contributed by atoms with Gasteiger partial charge in [0.25, 0.3) is 5.91 Å². The minimum atomic E-state index is -0.332. The predicted octanol–water partition coefficient (Wildman–Crippen LogP) is 2.12. The van der Waals surface area contributed by atoms with E-state index in [4.69, 9.17) is 4.74 Å². The van der Waals surface area contributed by atoms with Gasteiger partial charge in [-0.3, -0.25) is 4.79 Å². The van der Waals surface area contributed by atoms with Crippen LogP contribution >= 0.6 is 0 Å². The highest BCUT2D eigenvalue weighted by molar-refractivity contribution is 5.94. The molecule has 0 unspecified atom stereocenters. The van der Waals surface area contributed by atoms with Crippen LogP contribution in [0.15, 0.2) is 24.3 Å². The van der Waals surface area contributed by atoms with Crippen molar-refractivity contribution in [3.8, 4) is 0 Å². The zero-order valence-corrected chi connectivity index (χ0v) is 9.78. The molecule has 1 aromatic carbocycles. The van der Waals surface area contributed by atoms with Crippen LogP contribution in [-0.4, -0.2) is 24.7 Å². The zero-order chi connectivity index (χ0) is 12.3. The van der Waals surface area contributed by atoms with E-state index in [9.17, 15) is 9.18 Å². The summed E-state index contributed by atoms with van der Waals surface area (Å²) in [5.41, 5.74) is 0.492. The highest BCUT2D eigenvalue weighted by Crippen LogP contribution is 2.23. The summed E-state index contributed by atoms with van der Waals surface area (Å²) >= 11 is 0. The van der Waals surface area contributed by atoms with E-state index in [1.807, 2.05) is 6.92 Å². The second-order valence-corrected chi connectivity index (χ2v) is 4.23. The van der Waals surface area contributed by atoms with E-state index in [1.165, 1.54) is 24.3 Å². The molecule has 1 N–H and O–H groups in total. The number of benzene rings is 1.